The number of hydrogen-bond acceptors (Lipinski definition) is 3. The molecule has 1 fully saturated rings. The van der Waals surface area contributed by atoms with Crippen LogP contribution < -0.4 is 10.6 Å². The second kappa shape index (κ2) is 6.39. The van der Waals surface area contributed by atoms with Gasteiger partial charge in [0.15, 0.2) is 0 Å². The Hall–Kier alpha value is -1.08. The van der Waals surface area contributed by atoms with E-state index in [1.807, 2.05) is 6.07 Å². The summed E-state index contributed by atoms with van der Waals surface area (Å²) in [5.41, 5.74) is 0. The molecule has 14 heavy (non-hydrogen) atoms. The van der Waals surface area contributed by atoms with Gasteiger partial charge in [0.1, 0.15) is 0 Å². The highest BCUT2D eigenvalue weighted by Crippen LogP contribution is 2.24. The van der Waals surface area contributed by atoms with E-state index in [0.29, 0.717) is 19.5 Å². The summed E-state index contributed by atoms with van der Waals surface area (Å²) in [7, 11) is 0. The van der Waals surface area contributed by atoms with E-state index in [9.17, 15) is 4.79 Å². The van der Waals surface area contributed by atoms with Crippen LogP contribution in [0.3, 0.4) is 0 Å². The zero-order chi connectivity index (χ0) is 10.2. The molecule has 0 radical (unpaired) electrons. The third-order valence-electron chi connectivity index (χ3n) is 2.50. The second-order valence-electron chi connectivity index (χ2n) is 3.69. The molecule has 0 aromatic carbocycles. The largest absolute Gasteiger partial charge is 0.354 e. The lowest BCUT2D eigenvalue weighted by atomic mass is 9.85. The molecule has 0 heterocycles. The number of carbonyl (C=O) groups is 1. The fourth-order valence-corrected chi connectivity index (χ4v) is 1.41. The molecule has 0 unspecified atom stereocenters. The van der Waals surface area contributed by atoms with Crippen molar-refractivity contribution in [3.05, 3.63) is 0 Å². The normalized spacial score (nSPS) is 15.6. The van der Waals surface area contributed by atoms with E-state index in [4.69, 9.17) is 5.26 Å². The summed E-state index contributed by atoms with van der Waals surface area (Å²) in [6.45, 7) is 1.79. The summed E-state index contributed by atoms with van der Waals surface area (Å²) < 4.78 is 0. The number of rotatable bonds is 6. The summed E-state index contributed by atoms with van der Waals surface area (Å²) >= 11 is 0. The highest BCUT2D eigenvalue weighted by molar-refractivity contribution is 5.77. The maximum Gasteiger partial charge on any atom is 0.233 e. The Morgan fingerprint density at radius 1 is 1.50 bits per heavy atom. The molecule has 0 spiro atoms. The molecule has 1 amide bonds. The number of nitrogens with one attached hydrogen (secondary N) is 2. The molecule has 4 heteroatoms. The molecule has 0 atom stereocenters. The number of carbonyl (C=O) groups excluding carboxylic acids is 1. The Labute approximate surface area is 84.7 Å². The van der Waals surface area contributed by atoms with Crippen LogP contribution in [-0.2, 0) is 4.79 Å². The Morgan fingerprint density at radius 3 is 2.86 bits per heavy atom. The Balaban J connectivity index is 1.89. The van der Waals surface area contributed by atoms with Gasteiger partial charge in [-0.1, -0.05) is 6.42 Å². The molecule has 1 rings (SSSR count). The van der Waals surface area contributed by atoms with Gasteiger partial charge in [0.25, 0.3) is 0 Å². The molecule has 0 aromatic heterocycles. The average Bonchev–Trinajstić information content (AvgIpc) is 2.10. The van der Waals surface area contributed by atoms with Crippen LogP contribution in [0.15, 0.2) is 0 Å². The minimum Gasteiger partial charge on any atom is -0.354 e. The van der Waals surface area contributed by atoms with Gasteiger partial charge in [-0.05, 0) is 25.3 Å². The van der Waals surface area contributed by atoms with Gasteiger partial charge in [-0.15, -0.1) is 0 Å². The van der Waals surface area contributed by atoms with Crippen molar-refractivity contribution in [3.8, 4) is 6.07 Å². The lowest BCUT2D eigenvalue weighted by Gasteiger charge is -2.25. The topological polar surface area (TPSA) is 64.9 Å². The quantitative estimate of drug-likeness (QED) is 0.603. The number of nitrogens with zero attached hydrogens (tertiary/aromatic N) is 1. The first-order chi connectivity index (χ1) is 6.83. The van der Waals surface area contributed by atoms with Crippen molar-refractivity contribution in [2.24, 2.45) is 5.92 Å². The van der Waals surface area contributed by atoms with Crippen LogP contribution in [0.5, 0.6) is 0 Å². The van der Waals surface area contributed by atoms with Crippen LogP contribution in [0.25, 0.3) is 0 Å². The third kappa shape index (κ3) is 4.24. The second-order valence-corrected chi connectivity index (χ2v) is 3.69. The first-order valence-electron chi connectivity index (χ1n) is 5.17. The molecular formula is C10H17N3O. The highest BCUT2D eigenvalue weighted by atomic mass is 16.1. The molecule has 1 aliphatic rings. The Kier molecular flexibility index (Phi) is 5.02. The maximum atomic E-state index is 11.1. The zero-order valence-corrected chi connectivity index (χ0v) is 8.38. The van der Waals surface area contributed by atoms with Crippen molar-refractivity contribution in [1.82, 2.24) is 10.6 Å². The van der Waals surface area contributed by atoms with Crippen molar-refractivity contribution in [2.75, 3.05) is 19.6 Å². The first kappa shape index (κ1) is 11.0. The molecule has 0 bridgehead atoms. The van der Waals surface area contributed by atoms with Gasteiger partial charge in [-0.2, -0.15) is 5.26 Å². The van der Waals surface area contributed by atoms with E-state index < -0.39 is 0 Å². The summed E-state index contributed by atoms with van der Waals surface area (Å²) in [5.74, 6) is 0.765. The van der Waals surface area contributed by atoms with Crippen molar-refractivity contribution < 1.29 is 4.79 Å². The standard InChI is InChI=1S/C10H17N3O/c11-5-2-6-13-10(14)8-12-7-9-3-1-4-9/h9,12H,1-4,6-8H2,(H,13,14). The Bertz CT molecular complexity index is 218. The SMILES string of the molecule is N#CCCNC(=O)CNCC1CCC1. The summed E-state index contributed by atoms with van der Waals surface area (Å²) in [5, 5.41) is 14.0. The fraction of sp³-hybridized carbons (Fsp3) is 0.800. The van der Waals surface area contributed by atoms with Crippen LogP contribution in [-0.4, -0.2) is 25.5 Å². The van der Waals surface area contributed by atoms with Crippen LogP contribution >= 0.6 is 0 Å². The van der Waals surface area contributed by atoms with Crippen molar-refractivity contribution in [3.63, 3.8) is 0 Å². The Morgan fingerprint density at radius 2 is 2.29 bits per heavy atom. The van der Waals surface area contributed by atoms with E-state index >= 15 is 0 Å². The van der Waals surface area contributed by atoms with Gasteiger partial charge >= 0.3 is 0 Å². The molecule has 4 nitrogen and oxygen atoms in total. The van der Waals surface area contributed by atoms with Crippen LogP contribution in [0.2, 0.25) is 0 Å². The zero-order valence-electron chi connectivity index (χ0n) is 8.38. The molecule has 0 saturated heterocycles. The minimum atomic E-state index is -0.0143. The van der Waals surface area contributed by atoms with Gasteiger partial charge in [-0.3, -0.25) is 4.79 Å². The highest BCUT2D eigenvalue weighted by Gasteiger charge is 2.16. The van der Waals surface area contributed by atoms with Gasteiger partial charge in [0.2, 0.25) is 5.91 Å². The number of hydrogen-bond donors (Lipinski definition) is 2. The van der Waals surface area contributed by atoms with Crippen molar-refractivity contribution >= 4 is 5.91 Å². The fourth-order valence-electron chi connectivity index (χ4n) is 1.41. The van der Waals surface area contributed by atoms with Crippen LogP contribution in [0, 0.1) is 17.2 Å². The minimum absolute atomic E-state index is 0.0143. The van der Waals surface area contributed by atoms with E-state index in [0.717, 1.165) is 12.5 Å². The summed E-state index contributed by atoms with van der Waals surface area (Å²) in [6.07, 6.45) is 4.31. The molecule has 2 N–H and O–H groups in total. The lowest BCUT2D eigenvalue weighted by Crippen LogP contribution is -2.37. The van der Waals surface area contributed by atoms with Gasteiger partial charge < -0.3 is 10.6 Å². The lowest BCUT2D eigenvalue weighted by molar-refractivity contribution is -0.120. The van der Waals surface area contributed by atoms with E-state index in [-0.39, 0.29) is 5.91 Å². The van der Waals surface area contributed by atoms with Gasteiger partial charge in [-0.25, -0.2) is 0 Å². The molecule has 0 aliphatic heterocycles. The first-order valence-corrected chi connectivity index (χ1v) is 5.17. The molecule has 0 aromatic rings. The predicted molar refractivity (Wildman–Crippen MR) is 53.5 cm³/mol. The summed E-state index contributed by atoms with van der Waals surface area (Å²) in [4.78, 5) is 11.1. The summed E-state index contributed by atoms with van der Waals surface area (Å²) in [6, 6.07) is 1.98. The van der Waals surface area contributed by atoms with Crippen molar-refractivity contribution in [1.29, 1.82) is 5.26 Å². The van der Waals surface area contributed by atoms with Crippen LogP contribution in [0.4, 0.5) is 0 Å². The van der Waals surface area contributed by atoms with E-state index in [1.54, 1.807) is 0 Å². The average molecular weight is 195 g/mol. The van der Waals surface area contributed by atoms with E-state index in [2.05, 4.69) is 10.6 Å². The van der Waals surface area contributed by atoms with Gasteiger partial charge in [0, 0.05) is 6.54 Å². The molecule has 1 saturated carbocycles. The third-order valence-corrected chi connectivity index (χ3v) is 2.50. The molecular weight excluding hydrogens is 178 g/mol. The van der Waals surface area contributed by atoms with Crippen molar-refractivity contribution in [2.45, 2.75) is 25.7 Å². The van der Waals surface area contributed by atoms with Gasteiger partial charge in [0.05, 0.1) is 19.0 Å². The maximum absolute atomic E-state index is 11.1. The molecule has 1 aliphatic carbocycles. The smallest absolute Gasteiger partial charge is 0.233 e. The van der Waals surface area contributed by atoms with E-state index in [1.165, 1.54) is 19.3 Å². The number of nitriles is 1. The predicted octanol–water partition coefficient (Wildman–Crippen LogP) is 0.406. The molecule has 78 valence electrons. The monoisotopic (exact) mass is 195 g/mol. The number of amides is 1. The van der Waals surface area contributed by atoms with Crippen LogP contribution in [0.1, 0.15) is 25.7 Å².